The van der Waals surface area contributed by atoms with Gasteiger partial charge in [-0.3, -0.25) is 4.98 Å². The maximum absolute atomic E-state index is 5.78. The summed E-state index contributed by atoms with van der Waals surface area (Å²) >= 11 is 0. The van der Waals surface area contributed by atoms with Crippen molar-refractivity contribution in [2.24, 2.45) is 15.9 Å². The number of hydrogen-bond donors (Lipinski definition) is 1. The summed E-state index contributed by atoms with van der Waals surface area (Å²) in [6.45, 7) is 0.251. The summed E-state index contributed by atoms with van der Waals surface area (Å²) in [5.41, 5.74) is 7.22. The molecule has 0 atom stereocenters. The zero-order valence-corrected chi connectivity index (χ0v) is 10.6. The van der Waals surface area contributed by atoms with Crippen LogP contribution in [-0.4, -0.2) is 23.8 Å². The molecule has 2 N–H and O–H groups in total. The van der Waals surface area contributed by atoms with Gasteiger partial charge >= 0.3 is 0 Å². The topological polar surface area (TPSA) is 82.1 Å². The summed E-state index contributed by atoms with van der Waals surface area (Å²) in [5, 5.41) is 7.86. The molecule has 0 bridgehead atoms. The molecule has 2 heterocycles. The van der Waals surface area contributed by atoms with Gasteiger partial charge in [0.2, 0.25) is 6.79 Å². The van der Waals surface area contributed by atoms with Crippen LogP contribution in [0.25, 0.3) is 0 Å². The molecule has 100 valence electrons. The third-order valence-electron chi connectivity index (χ3n) is 2.70. The molecule has 20 heavy (non-hydrogen) atoms. The van der Waals surface area contributed by atoms with Gasteiger partial charge in [0.15, 0.2) is 17.3 Å². The Balaban J connectivity index is 1.74. The highest BCUT2D eigenvalue weighted by molar-refractivity contribution is 5.96. The minimum absolute atomic E-state index is 0.251. The summed E-state index contributed by atoms with van der Waals surface area (Å²) in [6.07, 6.45) is 3.25. The van der Waals surface area contributed by atoms with Crippen molar-refractivity contribution in [2.45, 2.75) is 0 Å². The zero-order valence-electron chi connectivity index (χ0n) is 10.6. The van der Waals surface area contributed by atoms with E-state index < -0.39 is 0 Å². The number of rotatable bonds is 3. The first-order chi connectivity index (χ1) is 9.83. The van der Waals surface area contributed by atoms with Gasteiger partial charge in [-0.25, -0.2) is 0 Å². The molecule has 1 aromatic heterocycles. The molecular formula is C14H12N4O2. The first kappa shape index (κ1) is 12.2. The second kappa shape index (κ2) is 5.40. The first-order valence-corrected chi connectivity index (χ1v) is 6.00. The number of hydrogen-bond acceptors (Lipinski definition) is 5. The molecule has 1 aliphatic heterocycles. The number of amidine groups is 1. The highest BCUT2D eigenvalue weighted by Crippen LogP contribution is 2.31. The number of ether oxygens (including phenoxy) is 2. The molecule has 0 spiro atoms. The average molecular weight is 268 g/mol. The van der Waals surface area contributed by atoms with E-state index in [1.165, 1.54) is 0 Å². The Morgan fingerprint density at radius 3 is 2.95 bits per heavy atom. The summed E-state index contributed by atoms with van der Waals surface area (Å²) in [6, 6.07) is 10.9. The molecule has 0 saturated carbocycles. The van der Waals surface area contributed by atoms with Gasteiger partial charge in [-0.05, 0) is 35.9 Å². The summed E-state index contributed by atoms with van der Waals surface area (Å²) in [4.78, 5) is 4.09. The highest BCUT2D eigenvalue weighted by atomic mass is 16.7. The lowest BCUT2D eigenvalue weighted by Crippen LogP contribution is -2.14. The number of nitrogens with two attached hydrogens (primary N) is 1. The van der Waals surface area contributed by atoms with E-state index in [-0.39, 0.29) is 12.6 Å². The van der Waals surface area contributed by atoms with Crippen molar-refractivity contribution in [3.63, 3.8) is 0 Å². The Hall–Kier alpha value is -2.89. The van der Waals surface area contributed by atoms with E-state index in [0.717, 1.165) is 11.3 Å². The Bertz CT molecular complexity index is 668. The maximum Gasteiger partial charge on any atom is 0.231 e. The fourth-order valence-corrected chi connectivity index (χ4v) is 1.72. The Kier molecular flexibility index (Phi) is 3.28. The molecular weight excluding hydrogens is 256 g/mol. The van der Waals surface area contributed by atoms with Crippen LogP contribution in [0.3, 0.4) is 0 Å². The lowest BCUT2D eigenvalue weighted by molar-refractivity contribution is 0.174. The van der Waals surface area contributed by atoms with Crippen LogP contribution in [0.1, 0.15) is 11.3 Å². The number of nitrogens with zero attached hydrogens (tertiary/aromatic N) is 3. The van der Waals surface area contributed by atoms with Crippen LogP contribution in [0.4, 0.5) is 0 Å². The predicted molar refractivity (Wildman–Crippen MR) is 75.1 cm³/mol. The molecule has 0 amide bonds. The normalized spacial score (nSPS) is 13.9. The average Bonchev–Trinajstić information content (AvgIpc) is 2.95. The molecule has 6 heteroatoms. The van der Waals surface area contributed by atoms with Crippen LogP contribution in [0.2, 0.25) is 0 Å². The van der Waals surface area contributed by atoms with Crippen LogP contribution in [-0.2, 0) is 0 Å². The van der Waals surface area contributed by atoms with E-state index in [1.54, 1.807) is 18.5 Å². The number of fused-ring (bicyclic) bond motifs is 1. The molecule has 0 unspecified atom stereocenters. The fraction of sp³-hybridized carbons (Fsp3) is 0.0714. The third kappa shape index (κ3) is 2.59. The second-order valence-corrected chi connectivity index (χ2v) is 4.06. The van der Waals surface area contributed by atoms with Gasteiger partial charge in [-0.2, -0.15) is 5.10 Å². The second-order valence-electron chi connectivity index (χ2n) is 4.06. The van der Waals surface area contributed by atoms with Crippen LogP contribution in [0.5, 0.6) is 11.5 Å². The molecule has 0 saturated heterocycles. The van der Waals surface area contributed by atoms with Gasteiger partial charge in [0.25, 0.3) is 0 Å². The van der Waals surface area contributed by atoms with Gasteiger partial charge in [-0.1, -0.05) is 6.07 Å². The molecule has 0 fully saturated rings. The van der Waals surface area contributed by atoms with Crippen molar-refractivity contribution in [3.8, 4) is 11.5 Å². The van der Waals surface area contributed by atoms with Crippen molar-refractivity contribution in [1.29, 1.82) is 0 Å². The van der Waals surface area contributed by atoms with Crippen molar-refractivity contribution in [1.82, 2.24) is 4.98 Å². The smallest absolute Gasteiger partial charge is 0.231 e. The van der Waals surface area contributed by atoms with Crippen LogP contribution < -0.4 is 15.2 Å². The maximum atomic E-state index is 5.78. The Morgan fingerprint density at radius 2 is 2.10 bits per heavy atom. The number of benzene rings is 1. The first-order valence-electron chi connectivity index (χ1n) is 6.00. The van der Waals surface area contributed by atoms with Crippen molar-refractivity contribution >= 4 is 12.1 Å². The molecule has 0 aliphatic carbocycles. The van der Waals surface area contributed by atoms with Gasteiger partial charge < -0.3 is 15.2 Å². The largest absolute Gasteiger partial charge is 0.454 e. The van der Waals surface area contributed by atoms with E-state index in [2.05, 4.69) is 15.2 Å². The molecule has 6 nitrogen and oxygen atoms in total. The van der Waals surface area contributed by atoms with E-state index in [9.17, 15) is 0 Å². The predicted octanol–water partition coefficient (Wildman–Crippen LogP) is 1.55. The minimum atomic E-state index is 0.251. The Morgan fingerprint density at radius 1 is 1.20 bits per heavy atom. The van der Waals surface area contributed by atoms with Gasteiger partial charge in [0.05, 0.1) is 6.21 Å². The molecule has 1 aliphatic rings. The van der Waals surface area contributed by atoms with Gasteiger partial charge in [-0.15, -0.1) is 5.10 Å². The summed E-state index contributed by atoms with van der Waals surface area (Å²) < 4.78 is 10.5. The molecule has 0 radical (unpaired) electrons. The monoisotopic (exact) mass is 268 g/mol. The van der Waals surface area contributed by atoms with Crippen molar-refractivity contribution in [3.05, 3.63) is 53.9 Å². The highest BCUT2D eigenvalue weighted by Gasteiger charge is 2.12. The molecule has 1 aromatic carbocycles. The lowest BCUT2D eigenvalue weighted by atomic mass is 10.2. The van der Waals surface area contributed by atoms with E-state index in [1.807, 2.05) is 30.3 Å². The van der Waals surface area contributed by atoms with Crippen molar-refractivity contribution in [2.75, 3.05) is 6.79 Å². The standard InChI is InChI=1S/C14H12N4O2/c15-14(11-3-1-2-6-16-11)18-17-8-10-4-5-12-13(7-10)20-9-19-12/h1-8H,9H2,(H2,15,18)/b17-8-. The van der Waals surface area contributed by atoms with Crippen LogP contribution in [0, 0.1) is 0 Å². The van der Waals surface area contributed by atoms with Gasteiger partial charge in [0.1, 0.15) is 5.69 Å². The van der Waals surface area contributed by atoms with Gasteiger partial charge in [0, 0.05) is 6.20 Å². The Labute approximate surface area is 115 Å². The quantitative estimate of drug-likeness (QED) is 0.520. The minimum Gasteiger partial charge on any atom is -0.454 e. The number of pyridine rings is 1. The van der Waals surface area contributed by atoms with E-state index in [0.29, 0.717) is 11.4 Å². The van der Waals surface area contributed by atoms with Crippen LogP contribution in [0.15, 0.2) is 52.8 Å². The van der Waals surface area contributed by atoms with Crippen molar-refractivity contribution < 1.29 is 9.47 Å². The fourth-order valence-electron chi connectivity index (χ4n) is 1.72. The molecule has 2 aromatic rings. The summed E-state index contributed by atoms with van der Waals surface area (Å²) in [7, 11) is 0. The zero-order chi connectivity index (χ0) is 13.8. The van der Waals surface area contributed by atoms with E-state index in [4.69, 9.17) is 15.2 Å². The van der Waals surface area contributed by atoms with Crippen LogP contribution >= 0.6 is 0 Å². The third-order valence-corrected chi connectivity index (χ3v) is 2.70. The molecule has 3 rings (SSSR count). The number of aromatic nitrogens is 1. The SMILES string of the molecule is N/C(=N/N=C\c1ccc2c(c1)OCO2)c1ccccn1. The summed E-state index contributed by atoms with van der Waals surface area (Å²) in [5.74, 6) is 1.71. The van der Waals surface area contributed by atoms with E-state index >= 15 is 0 Å². The lowest BCUT2D eigenvalue weighted by Gasteiger charge is -1.97.